The van der Waals surface area contributed by atoms with Gasteiger partial charge in [-0.05, 0) is 31.5 Å². The minimum Gasteiger partial charge on any atom is -0.382 e. The minimum atomic E-state index is -0.170. The van der Waals surface area contributed by atoms with Crippen molar-refractivity contribution in [2.24, 2.45) is 0 Å². The molecule has 0 N–H and O–H groups in total. The molecule has 0 unspecified atom stereocenters. The molecule has 7 heteroatoms. The average Bonchev–Trinajstić information content (AvgIpc) is 3.18. The fourth-order valence-electron chi connectivity index (χ4n) is 4.42. The van der Waals surface area contributed by atoms with E-state index in [1.165, 1.54) is 11.3 Å². The number of para-hydroxylation sites is 1. The van der Waals surface area contributed by atoms with Crippen LogP contribution in [-0.2, 0) is 26.4 Å². The van der Waals surface area contributed by atoms with E-state index in [1.54, 1.807) is 7.11 Å². The molecule has 0 saturated carbocycles. The van der Waals surface area contributed by atoms with Crippen LogP contribution in [0.25, 0.3) is 5.69 Å². The van der Waals surface area contributed by atoms with Crippen LogP contribution in [-0.4, -0.2) is 72.3 Å². The SMILES string of the molecule is COCCOCC(=O)N1CCC2(CC1)c1nccn1-c1ccccc1CN2C. The Balaban J connectivity index is 1.51. The first kappa shape index (κ1) is 19.1. The lowest BCUT2D eigenvalue weighted by atomic mass is 9.84. The predicted octanol–water partition coefficient (Wildman–Crippen LogP) is 1.80. The second kappa shape index (κ2) is 8.03. The third-order valence-corrected chi connectivity index (χ3v) is 6.05. The predicted molar refractivity (Wildman–Crippen MR) is 105 cm³/mol. The van der Waals surface area contributed by atoms with Crippen LogP contribution in [0.2, 0.25) is 0 Å². The van der Waals surface area contributed by atoms with Gasteiger partial charge in [0.2, 0.25) is 5.91 Å². The first-order valence-corrected chi connectivity index (χ1v) is 9.83. The molecule has 2 aliphatic heterocycles. The molecule has 2 aliphatic rings. The van der Waals surface area contributed by atoms with Crippen molar-refractivity contribution in [3.63, 3.8) is 0 Å². The zero-order chi connectivity index (χ0) is 19.6. The van der Waals surface area contributed by atoms with Crippen molar-refractivity contribution in [2.75, 3.05) is 47.1 Å². The Kier molecular flexibility index (Phi) is 5.48. The molecular weight excluding hydrogens is 356 g/mol. The minimum absolute atomic E-state index is 0.0499. The number of fused-ring (bicyclic) bond motifs is 4. The number of hydrogen-bond acceptors (Lipinski definition) is 5. The third kappa shape index (κ3) is 3.34. The van der Waals surface area contributed by atoms with Gasteiger partial charge >= 0.3 is 0 Å². The van der Waals surface area contributed by atoms with E-state index in [2.05, 4.69) is 47.0 Å². The van der Waals surface area contributed by atoms with E-state index in [0.717, 1.165) is 25.2 Å². The molecule has 1 aromatic carbocycles. The summed E-state index contributed by atoms with van der Waals surface area (Å²) in [4.78, 5) is 21.6. The van der Waals surface area contributed by atoms with Crippen LogP contribution < -0.4 is 0 Å². The Morgan fingerprint density at radius 1 is 1.21 bits per heavy atom. The topological polar surface area (TPSA) is 59.8 Å². The first-order valence-electron chi connectivity index (χ1n) is 9.83. The molecule has 0 atom stereocenters. The molecule has 1 fully saturated rings. The Hall–Kier alpha value is -2.22. The van der Waals surface area contributed by atoms with Crippen molar-refractivity contribution in [3.05, 3.63) is 48.0 Å². The zero-order valence-corrected chi connectivity index (χ0v) is 16.6. The molecule has 2 aromatic rings. The quantitative estimate of drug-likeness (QED) is 0.736. The number of amides is 1. The maximum Gasteiger partial charge on any atom is 0.248 e. The Morgan fingerprint density at radius 2 is 2.00 bits per heavy atom. The maximum absolute atomic E-state index is 12.5. The van der Waals surface area contributed by atoms with E-state index >= 15 is 0 Å². The second-order valence-corrected chi connectivity index (χ2v) is 7.56. The van der Waals surface area contributed by atoms with E-state index in [9.17, 15) is 4.79 Å². The smallest absolute Gasteiger partial charge is 0.248 e. The van der Waals surface area contributed by atoms with E-state index in [0.29, 0.717) is 26.3 Å². The van der Waals surface area contributed by atoms with Gasteiger partial charge in [-0.3, -0.25) is 9.69 Å². The van der Waals surface area contributed by atoms with Crippen molar-refractivity contribution in [2.45, 2.75) is 24.9 Å². The highest BCUT2D eigenvalue weighted by atomic mass is 16.5. The number of ether oxygens (including phenoxy) is 2. The number of aromatic nitrogens is 2. The molecule has 28 heavy (non-hydrogen) atoms. The summed E-state index contributed by atoms with van der Waals surface area (Å²) < 4.78 is 12.6. The molecule has 0 radical (unpaired) electrons. The second-order valence-electron chi connectivity index (χ2n) is 7.56. The number of piperidine rings is 1. The van der Waals surface area contributed by atoms with Crippen LogP contribution in [0.4, 0.5) is 0 Å². The van der Waals surface area contributed by atoms with Gasteiger partial charge < -0.3 is 18.9 Å². The Labute approximate surface area is 165 Å². The van der Waals surface area contributed by atoms with Gasteiger partial charge in [0.15, 0.2) is 0 Å². The van der Waals surface area contributed by atoms with Gasteiger partial charge in [-0.15, -0.1) is 0 Å². The number of nitrogens with zero attached hydrogens (tertiary/aromatic N) is 4. The number of methoxy groups -OCH3 is 1. The lowest BCUT2D eigenvalue weighted by Crippen LogP contribution is -2.53. The molecule has 7 nitrogen and oxygen atoms in total. The van der Waals surface area contributed by atoms with E-state index in [1.807, 2.05) is 11.1 Å². The Bertz CT molecular complexity index is 827. The standard InChI is InChI=1S/C21H28N4O3/c1-23-15-17-5-3-4-6-18(17)25-12-9-22-20(25)21(23)7-10-24(11-8-21)19(26)16-28-14-13-27-2/h3-6,9,12H,7-8,10-11,13-16H2,1-2H3. The highest BCUT2D eigenvalue weighted by Crippen LogP contribution is 2.41. The molecule has 0 bridgehead atoms. The summed E-state index contributed by atoms with van der Waals surface area (Å²) in [6, 6.07) is 8.51. The van der Waals surface area contributed by atoms with Gasteiger partial charge in [-0.25, -0.2) is 4.98 Å². The van der Waals surface area contributed by atoms with Crippen molar-refractivity contribution >= 4 is 5.91 Å². The van der Waals surface area contributed by atoms with E-state index < -0.39 is 0 Å². The number of benzene rings is 1. The molecule has 3 heterocycles. The number of rotatable bonds is 5. The molecule has 1 saturated heterocycles. The fourth-order valence-corrected chi connectivity index (χ4v) is 4.42. The Morgan fingerprint density at radius 3 is 2.79 bits per heavy atom. The number of likely N-dealkylation sites (tertiary alicyclic amines) is 1. The molecule has 0 aliphatic carbocycles. The van der Waals surface area contributed by atoms with Crippen LogP contribution in [0.3, 0.4) is 0 Å². The van der Waals surface area contributed by atoms with Crippen molar-refractivity contribution < 1.29 is 14.3 Å². The van der Waals surface area contributed by atoms with Crippen LogP contribution in [0, 0.1) is 0 Å². The zero-order valence-electron chi connectivity index (χ0n) is 16.6. The van der Waals surface area contributed by atoms with Crippen LogP contribution in [0.1, 0.15) is 24.2 Å². The summed E-state index contributed by atoms with van der Waals surface area (Å²) in [6.07, 6.45) is 5.65. The summed E-state index contributed by atoms with van der Waals surface area (Å²) in [5, 5.41) is 0. The van der Waals surface area contributed by atoms with Crippen molar-refractivity contribution in [3.8, 4) is 5.69 Å². The molecular formula is C21H28N4O3. The van der Waals surface area contributed by atoms with Gasteiger partial charge in [-0.2, -0.15) is 0 Å². The third-order valence-electron chi connectivity index (χ3n) is 6.05. The molecule has 1 spiro atoms. The number of carbonyl (C=O) groups is 1. The normalized spacial score (nSPS) is 18.6. The summed E-state index contributed by atoms with van der Waals surface area (Å²) >= 11 is 0. The summed E-state index contributed by atoms with van der Waals surface area (Å²) in [5.74, 6) is 1.12. The van der Waals surface area contributed by atoms with Crippen LogP contribution in [0.5, 0.6) is 0 Å². The number of imidazole rings is 1. The van der Waals surface area contributed by atoms with E-state index in [-0.39, 0.29) is 18.1 Å². The molecule has 1 amide bonds. The molecule has 1 aromatic heterocycles. The van der Waals surface area contributed by atoms with E-state index in [4.69, 9.17) is 14.5 Å². The molecule has 150 valence electrons. The van der Waals surface area contributed by atoms with Gasteiger partial charge in [-0.1, -0.05) is 18.2 Å². The van der Waals surface area contributed by atoms with Gasteiger partial charge in [0, 0.05) is 39.1 Å². The van der Waals surface area contributed by atoms with Crippen LogP contribution >= 0.6 is 0 Å². The maximum atomic E-state index is 12.5. The average molecular weight is 384 g/mol. The summed E-state index contributed by atoms with van der Waals surface area (Å²) in [5.41, 5.74) is 2.32. The van der Waals surface area contributed by atoms with Gasteiger partial charge in [0.05, 0.1) is 24.4 Å². The fraction of sp³-hybridized carbons (Fsp3) is 0.524. The highest BCUT2D eigenvalue weighted by molar-refractivity contribution is 5.77. The monoisotopic (exact) mass is 384 g/mol. The number of hydrogen-bond donors (Lipinski definition) is 0. The lowest BCUT2D eigenvalue weighted by molar-refractivity contribution is -0.139. The first-order chi connectivity index (χ1) is 13.7. The number of carbonyl (C=O) groups excluding carboxylic acids is 1. The largest absolute Gasteiger partial charge is 0.382 e. The molecule has 4 rings (SSSR count). The lowest BCUT2D eigenvalue weighted by Gasteiger charge is -2.46. The van der Waals surface area contributed by atoms with Crippen LogP contribution in [0.15, 0.2) is 36.7 Å². The van der Waals surface area contributed by atoms with Gasteiger partial charge in [0.25, 0.3) is 0 Å². The summed E-state index contributed by atoms with van der Waals surface area (Å²) in [6.45, 7) is 3.35. The van der Waals surface area contributed by atoms with Gasteiger partial charge in [0.1, 0.15) is 12.4 Å². The highest BCUT2D eigenvalue weighted by Gasteiger charge is 2.45. The summed E-state index contributed by atoms with van der Waals surface area (Å²) in [7, 11) is 3.80. The van der Waals surface area contributed by atoms with Crippen molar-refractivity contribution in [1.29, 1.82) is 0 Å². The van der Waals surface area contributed by atoms with Crippen molar-refractivity contribution in [1.82, 2.24) is 19.4 Å².